The third-order valence-electron chi connectivity index (χ3n) is 5.55. The third-order valence-corrected chi connectivity index (χ3v) is 5.55. The van der Waals surface area contributed by atoms with Crippen LogP contribution < -0.4 is 0 Å². The first kappa shape index (κ1) is 20.4. The summed E-state index contributed by atoms with van der Waals surface area (Å²) in [4.78, 5) is 12.7. The number of fused-ring (bicyclic) bond motifs is 1. The van der Waals surface area contributed by atoms with Crippen LogP contribution in [0.2, 0.25) is 0 Å². The Hall–Kier alpha value is -3.90. The molecule has 31 heavy (non-hydrogen) atoms. The molecule has 0 aromatic heterocycles. The van der Waals surface area contributed by atoms with Gasteiger partial charge in [-0.05, 0) is 39.9 Å². The standard InChI is InChI=1S/C28H23NO2/c1-2-31-28(30)26(19-29)27(25-14-8-12-22-11-6-7-13-24(22)25)23-17-15-21(16-18-23)20-9-4-3-5-10-20/h3-18,26-27H,2H2,1H3. The molecule has 0 fully saturated rings. The molecule has 4 aromatic carbocycles. The first-order chi connectivity index (χ1) is 15.2. The van der Waals surface area contributed by atoms with E-state index in [1.165, 1.54) is 0 Å². The van der Waals surface area contributed by atoms with E-state index >= 15 is 0 Å². The maximum Gasteiger partial charge on any atom is 0.324 e. The van der Waals surface area contributed by atoms with Gasteiger partial charge in [0.2, 0.25) is 0 Å². The van der Waals surface area contributed by atoms with E-state index in [2.05, 4.69) is 18.2 Å². The Morgan fingerprint density at radius 2 is 1.48 bits per heavy atom. The molecule has 0 aliphatic carbocycles. The van der Waals surface area contributed by atoms with Crippen molar-refractivity contribution in [2.45, 2.75) is 12.8 Å². The van der Waals surface area contributed by atoms with E-state index in [0.717, 1.165) is 33.0 Å². The molecule has 0 radical (unpaired) electrons. The van der Waals surface area contributed by atoms with Crippen molar-refractivity contribution < 1.29 is 9.53 Å². The number of ether oxygens (including phenoxy) is 1. The van der Waals surface area contributed by atoms with Gasteiger partial charge in [0, 0.05) is 5.92 Å². The predicted molar refractivity (Wildman–Crippen MR) is 123 cm³/mol. The smallest absolute Gasteiger partial charge is 0.324 e. The summed E-state index contributed by atoms with van der Waals surface area (Å²) in [5.41, 5.74) is 4.07. The van der Waals surface area contributed by atoms with Gasteiger partial charge in [-0.25, -0.2) is 0 Å². The van der Waals surface area contributed by atoms with Crippen LogP contribution in [-0.2, 0) is 9.53 Å². The molecule has 0 spiro atoms. The summed E-state index contributed by atoms with van der Waals surface area (Å²) >= 11 is 0. The number of hydrogen-bond donors (Lipinski definition) is 0. The van der Waals surface area contributed by atoms with Crippen molar-refractivity contribution in [2.24, 2.45) is 5.92 Å². The van der Waals surface area contributed by atoms with Crippen molar-refractivity contribution in [2.75, 3.05) is 6.61 Å². The number of hydrogen-bond acceptors (Lipinski definition) is 3. The van der Waals surface area contributed by atoms with Crippen LogP contribution in [0.3, 0.4) is 0 Å². The van der Waals surface area contributed by atoms with Crippen LogP contribution in [-0.4, -0.2) is 12.6 Å². The minimum Gasteiger partial charge on any atom is -0.465 e. The summed E-state index contributed by atoms with van der Waals surface area (Å²) in [6, 6.07) is 34.5. The van der Waals surface area contributed by atoms with Crippen molar-refractivity contribution in [3.8, 4) is 17.2 Å². The van der Waals surface area contributed by atoms with E-state index < -0.39 is 17.8 Å². The lowest BCUT2D eigenvalue weighted by Crippen LogP contribution is -2.24. The molecule has 4 aromatic rings. The van der Waals surface area contributed by atoms with Crippen LogP contribution in [0.5, 0.6) is 0 Å². The van der Waals surface area contributed by atoms with E-state index in [-0.39, 0.29) is 6.61 Å². The SMILES string of the molecule is CCOC(=O)C(C#N)C(c1ccc(-c2ccccc2)cc1)c1cccc2ccccc12. The zero-order valence-electron chi connectivity index (χ0n) is 17.4. The zero-order valence-corrected chi connectivity index (χ0v) is 17.4. The second-order valence-corrected chi connectivity index (χ2v) is 7.39. The Kier molecular flexibility index (Phi) is 6.10. The minimum absolute atomic E-state index is 0.242. The Balaban J connectivity index is 1.85. The van der Waals surface area contributed by atoms with Crippen molar-refractivity contribution in [1.29, 1.82) is 5.26 Å². The van der Waals surface area contributed by atoms with Gasteiger partial charge >= 0.3 is 5.97 Å². The Bertz CT molecular complexity index is 1220. The molecule has 0 bridgehead atoms. The lowest BCUT2D eigenvalue weighted by Gasteiger charge is -2.23. The van der Waals surface area contributed by atoms with Crippen LogP contribution in [0.4, 0.5) is 0 Å². The number of esters is 1. The largest absolute Gasteiger partial charge is 0.465 e. The topological polar surface area (TPSA) is 50.1 Å². The van der Waals surface area contributed by atoms with Crippen LogP contribution >= 0.6 is 0 Å². The van der Waals surface area contributed by atoms with Crippen molar-refractivity contribution in [1.82, 2.24) is 0 Å². The predicted octanol–water partition coefficient (Wildman–Crippen LogP) is 6.34. The number of carbonyl (C=O) groups is 1. The molecule has 3 nitrogen and oxygen atoms in total. The summed E-state index contributed by atoms with van der Waals surface area (Å²) in [5.74, 6) is -1.86. The van der Waals surface area contributed by atoms with E-state index in [0.29, 0.717) is 0 Å². The summed E-state index contributed by atoms with van der Waals surface area (Å²) < 4.78 is 5.26. The molecular weight excluding hydrogens is 382 g/mol. The molecular formula is C28H23NO2. The fraction of sp³-hybridized carbons (Fsp3) is 0.143. The molecule has 0 N–H and O–H groups in total. The van der Waals surface area contributed by atoms with Gasteiger partial charge in [0.1, 0.15) is 0 Å². The van der Waals surface area contributed by atoms with Crippen LogP contribution in [0.25, 0.3) is 21.9 Å². The highest BCUT2D eigenvalue weighted by molar-refractivity contribution is 5.88. The molecule has 0 amide bonds. The molecule has 0 aliphatic rings. The molecule has 0 heterocycles. The first-order valence-corrected chi connectivity index (χ1v) is 10.4. The number of nitrogens with zero attached hydrogens (tertiary/aromatic N) is 1. The van der Waals surface area contributed by atoms with Crippen LogP contribution in [0.1, 0.15) is 24.0 Å². The lowest BCUT2D eigenvalue weighted by atomic mass is 9.79. The summed E-state index contributed by atoms with van der Waals surface area (Å²) in [6.07, 6.45) is 0. The van der Waals surface area contributed by atoms with Gasteiger partial charge in [0.25, 0.3) is 0 Å². The normalized spacial score (nSPS) is 12.6. The average Bonchev–Trinajstić information content (AvgIpc) is 2.83. The molecule has 4 rings (SSSR count). The minimum atomic E-state index is -0.937. The van der Waals surface area contributed by atoms with E-state index in [4.69, 9.17) is 4.74 Å². The molecule has 0 aliphatic heterocycles. The Morgan fingerprint density at radius 3 is 2.19 bits per heavy atom. The van der Waals surface area contributed by atoms with Gasteiger partial charge in [0.15, 0.2) is 5.92 Å². The number of carbonyl (C=O) groups excluding carboxylic acids is 1. The van der Waals surface area contributed by atoms with E-state index in [1.54, 1.807) is 6.92 Å². The van der Waals surface area contributed by atoms with Crippen molar-refractivity contribution in [3.63, 3.8) is 0 Å². The van der Waals surface area contributed by atoms with Gasteiger partial charge in [-0.1, -0.05) is 97.1 Å². The number of rotatable bonds is 6. The highest BCUT2D eigenvalue weighted by Crippen LogP contribution is 2.37. The van der Waals surface area contributed by atoms with Crippen LogP contribution in [0.15, 0.2) is 97.1 Å². The summed E-state index contributed by atoms with van der Waals surface area (Å²) in [6.45, 7) is 2.00. The van der Waals surface area contributed by atoms with Gasteiger partial charge in [-0.2, -0.15) is 5.26 Å². The Morgan fingerprint density at radius 1 is 0.839 bits per heavy atom. The maximum absolute atomic E-state index is 12.7. The van der Waals surface area contributed by atoms with Gasteiger partial charge in [-0.3, -0.25) is 4.79 Å². The fourth-order valence-electron chi connectivity index (χ4n) is 4.08. The first-order valence-electron chi connectivity index (χ1n) is 10.4. The van der Waals surface area contributed by atoms with Crippen molar-refractivity contribution >= 4 is 16.7 Å². The van der Waals surface area contributed by atoms with Gasteiger partial charge in [-0.15, -0.1) is 0 Å². The van der Waals surface area contributed by atoms with Crippen molar-refractivity contribution in [3.05, 3.63) is 108 Å². The molecule has 152 valence electrons. The summed E-state index contributed by atoms with van der Waals surface area (Å²) in [5, 5.41) is 12.1. The van der Waals surface area contributed by atoms with E-state index in [1.807, 2.05) is 84.9 Å². The second kappa shape index (κ2) is 9.28. The molecule has 3 heteroatoms. The highest BCUT2D eigenvalue weighted by Gasteiger charge is 2.33. The summed E-state index contributed by atoms with van der Waals surface area (Å²) in [7, 11) is 0. The average molecular weight is 405 g/mol. The molecule has 0 saturated heterocycles. The maximum atomic E-state index is 12.7. The monoisotopic (exact) mass is 405 g/mol. The van der Waals surface area contributed by atoms with Crippen LogP contribution in [0, 0.1) is 17.2 Å². The molecule has 0 saturated carbocycles. The zero-order chi connectivity index (χ0) is 21.6. The molecule has 2 atom stereocenters. The number of benzene rings is 4. The van der Waals surface area contributed by atoms with Gasteiger partial charge in [0.05, 0.1) is 12.7 Å². The Labute approximate surface area is 182 Å². The quantitative estimate of drug-likeness (QED) is 0.352. The van der Waals surface area contributed by atoms with E-state index in [9.17, 15) is 10.1 Å². The number of nitriles is 1. The highest BCUT2D eigenvalue weighted by atomic mass is 16.5. The molecule has 2 unspecified atom stereocenters. The van der Waals surface area contributed by atoms with Gasteiger partial charge < -0.3 is 4.74 Å². The lowest BCUT2D eigenvalue weighted by molar-refractivity contribution is -0.146. The second-order valence-electron chi connectivity index (χ2n) is 7.39. The third kappa shape index (κ3) is 4.20. The fourth-order valence-corrected chi connectivity index (χ4v) is 4.08.